The fraction of sp³-hybridized carbons (Fsp3) is 0.444. The van der Waals surface area contributed by atoms with Crippen LogP contribution in [0.5, 0.6) is 0 Å². The quantitative estimate of drug-likeness (QED) is 0.680. The van der Waals surface area contributed by atoms with E-state index in [0.29, 0.717) is 5.92 Å². The molecule has 0 atom stereocenters. The number of aromatic nitrogens is 3. The maximum absolute atomic E-state index is 12.8. The molecule has 0 radical (unpaired) electrons. The van der Waals surface area contributed by atoms with Crippen molar-refractivity contribution in [1.29, 1.82) is 0 Å². The predicted molar refractivity (Wildman–Crippen MR) is 101 cm³/mol. The van der Waals surface area contributed by atoms with E-state index in [1.807, 2.05) is 30.3 Å². The zero-order chi connectivity index (χ0) is 18.5. The number of hydrogen-bond donors (Lipinski definition) is 1. The van der Waals surface area contributed by atoms with Crippen molar-refractivity contribution >= 4 is 29.3 Å². The molecule has 7 nitrogen and oxygen atoms in total. The minimum atomic E-state index is -0.425. The maximum atomic E-state index is 12.8. The molecule has 0 bridgehead atoms. The molecule has 0 aliphatic heterocycles. The summed E-state index contributed by atoms with van der Waals surface area (Å²) in [6.45, 7) is 3.12. The van der Waals surface area contributed by atoms with Crippen molar-refractivity contribution in [3.05, 3.63) is 36.2 Å². The van der Waals surface area contributed by atoms with E-state index in [4.69, 9.17) is 5.73 Å². The Bertz CT molecular complexity index is 773. The minimum Gasteiger partial charge on any atom is -0.370 e. The van der Waals surface area contributed by atoms with Crippen LogP contribution >= 0.6 is 11.8 Å². The summed E-state index contributed by atoms with van der Waals surface area (Å²) in [7, 11) is 0. The lowest BCUT2D eigenvalue weighted by atomic mass is 10.2. The fourth-order valence-corrected chi connectivity index (χ4v) is 3.66. The van der Waals surface area contributed by atoms with Gasteiger partial charge in [0, 0.05) is 31.1 Å². The van der Waals surface area contributed by atoms with Crippen LogP contribution in [-0.2, 0) is 16.1 Å². The van der Waals surface area contributed by atoms with Crippen molar-refractivity contribution in [3.8, 4) is 0 Å². The van der Waals surface area contributed by atoms with Crippen molar-refractivity contribution in [2.75, 3.05) is 17.2 Å². The molecule has 1 aliphatic rings. The molecule has 0 spiro atoms. The summed E-state index contributed by atoms with van der Waals surface area (Å²) in [5.74, 6) is 1.27. The van der Waals surface area contributed by atoms with E-state index in [1.165, 1.54) is 11.8 Å². The lowest BCUT2D eigenvalue weighted by Gasteiger charge is -2.22. The van der Waals surface area contributed by atoms with Crippen LogP contribution in [0.15, 0.2) is 35.5 Å². The SMILES string of the molecule is CCn1c(SCC(=O)N(CCC(N)=O)c2ccccc2)nnc1C1CC1. The second kappa shape index (κ2) is 8.35. The first kappa shape index (κ1) is 18.4. The highest BCUT2D eigenvalue weighted by atomic mass is 32.2. The second-order valence-electron chi connectivity index (χ2n) is 6.25. The third-order valence-electron chi connectivity index (χ3n) is 4.28. The average Bonchev–Trinajstić information content (AvgIpc) is 3.40. The summed E-state index contributed by atoms with van der Waals surface area (Å²) in [5, 5.41) is 9.32. The Balaban J connectivity index is 1.68. The molecule has 8 heteroatoms. The molecular formula is C18H23N5O2S. The molecule has 1 aliphatic carbocycles. The zero-order valence-corrected chi connectivity index (χ0v) is 15.6. The number of carbonyl (C=O) groups is 2. The van der Waals surface area contributed by atoms with Crippen molar-refractivity contribution in [2.24, 2.45) is 5.73 Å². The molecule has 1 aromatic heterocycles. The molecule has 1 aromatic carbocycles. The predicted octanol–water partition coefficient (Wildman–Crippen LogP) is 2.18. The number of rotatable bonds is 9. The molecule has 0 unspecified atom stereocenters. The van der Waals surface area contributed by atoms with Crippen LogP contribution in [0.25, 0.3) is 0 Å². The molecule has 3 rings (SSSR count). The smallest absolute Gasteiger partial charge is 0.237 e. The van der Waals surface area contributed by atoms with E-state index in [2.05, 4.69) is 21.7 Å². The molecule has 2 N–H and O–H groups in total. The van der Waals surface area contributed by atoms with Crippen LogP contribution in [0.3, 0.4) is 0 Å². The van der Waals surface area contributed by atoms with E-state index in [9.17, 15) is 9.59 Å². The van der Waals surface area contributed by atoms with Crippen LogP contribution < -0.4 is 10.6 Å². The van der Waals surface area contributed by atoms with Gasteiger partial charge in [-0.05, 0) is 31.9 Å². The van der Waals surface area contributed by atoms with Gasteiger partial charge in [0.2, 0.25) is 11.8 Å². The summed E-state index contributed by atoms with van der Waals surface area (Å²) in [5.41, 5.74) is 6.01. The lowest BCUT2D eigenvalue weighted by molar-refractivity contribution is -0.118. The topological polar surface area (TPSA) is 94.1 Å². The van der Waals surface area contributed by atoms with E-state index in [-0.39, 0.29) is 24.6 Å². The van der Waals surface area contributed by atoms with Gasteiger partial charge in [-0.3, -0.25) is 9.59 Å². The van der Waals surface area contributed by atoms with Crippen LogP contribution in [0.4, 0.5) is 5.69 Å². The van der Waals surface area contributed by atoms with Crippen molar-refractivity contribution in [1.82, 2.24) is 14.8 Å². The van der Waals surface area contributed by atoms with Gasteiger partial charge in [-0.1, -0.05) is 30.0 Å². The summed E-state index contributed by atoms with van der Waals surface area (Å²) in [6.07, 6.45) is 2.45. The average molecular weight is 373 g/mol. The van der Waals surface area contributed by atoms with E-state index in [0.717, 1.165) is 36.1 Å². The van der Waals surface area contributed by atoms with Gasteiger partial charge in [-0.15, -0.1) is 10.2 Å². The Morgan fingerprint density at radius 2 is 2.00 bits per heavy atom. The molecule has 2 amide bonds. The number of hydrogen-bond acceptors (Lipinski definition) is 5. The normalized spacial score (nSPS) is 13.6. The Morgan fingerprint density at radius 3 is 2.62 bits per heavy atom. The lowest BCUT2D eigenvalue weighted by Crippen LogP contribution is -2.35. The van der Waals surface area contributed by atoms with Gasteiger partial charge in [0.25, 0.3) is 0 Å². The summed E-state index contributed by atoms with van der Waals surface area (Å²) >= 11 is 1.38. The number of anilines is 1. The summed E-state index contributed by atoms with van der Waals surface area (Å²) in [6, 6.07) is 9.32. The highest BCUT2D eigenvalue weighted by Crippen LogP contribution is 2.40. The fourth-order valence-electron chi connectivity index (χ4n) is 2.78. The standard InChI is InChI=1S/C18H23N5O2S/c1-2-22-17(13-8-9-13)20-21-18(22)26-12-16(25)23(11-10-15(19)24)14-6-4-3-5-7-14/h3-7,13H,2,8-12H2,1H3,(H2,19,24). The number of amides is 2. The molecule has 2 aromatic rings. The molecule has 1 heterocycles. The highest BCUT2D eigenvalue weighted by Gasteiger charge is 2.30. The molecule has 0 saturated heterocycles. The van der Waals surface area contributed by atoms with Crippen molar-refractivity contribution in [3.63, 3.8) is 0 Å². The zero-order valence-electron chi connectivity index (χ0n) is 14.8. The molecule has 138 valence electrons. The van der Waals surface area contributed by atoms with Crippen LogP contribution in [-0.4, -0.2) is 38.9 Å². The second-order valence-corrected chi connectivity index (χ2v) is 7.19. The van der Waals surface area contributed by atoms with E-state index in [1.54, 1.807) is 4.90 Å². The minimum absolute atomic E-state index is 0.0823. The number of primary amides is 1. The Hall–Kier alpha value is -2.35. The van der Waals surface area contributed by atoms with E-state index >= 15 is 0 Å². The Labute approximate surface area is 157 Å². The summed E-state index contributed by atoms with van der Waals surface area (Å²) < 4.78 is 2.09. The third-order valence-corrected chi connectivity index (χ3v) is 5.23. The third kappa shape index (κ3) is 4.43. The van der Waals surface area contributed by atoms with Gasteiger partial charge in [0.15, 0.2) is 5.16 Å². The highest BCUT2D eigenvalue weighted by molar-refractivity contribution is 7.99. The number of carbonyl (C=O) groups excluding carboxylic acids is 2. The van der Waals surface area contributed by atoms with Crippen molar-refractivity contribution in [2.45, 2.75) is 43.8 Å². The number of benzene rings is 1. The van der Waals surface area contributed by atoms with Gasteiger partial charge in [-0.25, -0.2) is 0 Å². The van der Waals surface area contributed by atoms with Crippen LogP contribution in [0, 0.1) is 0 Å². The monoisotopic (exact) mass is 373 g/mol. The Kier molecular flexibility index (Phi) is 5.92. The first-order valence-electron chi connectivity index (χ1n) is 8.79. The van der Waals surface area contributed by atoms with Gasteiger partial charge in [0.05, 0.1) is 5.75 Å². The Morgan fingerprint density at radius 1 is 1.27 bits per heavy atom. The largest absolute Gasteiger partial charge is 0.370 e. The van der Waals surface area contributed by atoms with E-state index < -0.39 is 5.91 Å². The molecular weight excluding hydrogens is 350 g/mol. The first-order valence-corrected chi connectivity index (χ1v) is 9.78. The van der Waals surface area contributed by atoms with Gasteiger partial charge < -0.3 is 15.2 Å². The number of thioether (sulfide) groups is 1. The maximum Gasteiger partial charge on any atom is 0.237 e. The molecule has 1 saturated carbocycles. The molecule has 26 heavy (non-hydrogen) atoms. The van der Waals surface area contributed by atoms with Crippen LogP contribution in [0.2, 0.25) is 0 Å². The molecule has 1 fully saturated rings. The summed E-state index contributed by atoms with van der Waals surface area (Å²) in [4.78, 5) is 25.5. The van der Waals surface area contributed by atoms with Gasteiger partial charge >= 0.3 is 0 Å². The van der Waals surface area contributed by atoms with Gasteiger partial charge in [-0.2, -0.15) is 0 Å². The van der Waals surface area contributed by atoms with Crippen molar-refractivity contribution < 1.29 is 9.59 Å². The van der Waals surface area contributed by atoms with Gasteiger partial charge in [0.1, 0.15) is 5.82 Å². The number of nitrogens with zero attached hydrogens (tertiary/aromatic N) is 4. The van der Waals surface area contributed by atoms with Crippen LogP contribution in [0.1, 0.15) is 37.9 Å². The first-order chi connectivity index (χ1) is 12.6. The number of nitrogens with two attached hydrogens (primary N) is 1. The number of para-hydroxylation sites is 1.